The zero-order valence-electron chi connectivity index (χ0n) is 7.86. The van der Waals surface area contributed by atoms with Gasteiger partial charge in [-0.2, -0.15) is 0 Å². The van der Waals surface area contributed by atoms with Gasteiger partial charge in [0.2, 0.25) is 0 Å². The van der Waals surface area contributed by atoms with Crippen LogP contribution >= 0.6 is 11.8 Å². The summed E-state index contributed by atoms with van der Waals surface area (Å²) in [7, 11) is 0. The highest BCUT2D eigenvalue weighted by molar-refractivity contribution is 8.15. The van der Waals surface area contributed by atoms with Gasteiger partial charge in [-0.05, 0) is 18.1 Å². The van der Waals surface area contributed by atoms with Crippen LogP contribution < -0.4 is 0 Å². The van der Waals surface area contributed by atoms with Gasteiger partial charge in [0.25, 0.3) is 5.91 Å². The third-order valence-corrected chi connectivity index (χ3v) is 3.05. The van der Waals surface area contributed by atoms with E-state index in [1.165, 1.54) is 11.8 Å². The van der Waals surface area contributed by atoms with Gasteiger partial charge in [0.15, 0.2) is 0 Å². The number of amides is 1. The minimum atomic E-state index is -0.0381. The van der Waals surface area contributed by atoms with Crippen LogP contribution in [0.2, 0.25) is 0 Å². The van der Waals surface area contributed by atoms with E-state index in [0.717, 1.165) is 22.6 Å². The van der Waals surface area contributed by atoms with E-state index in [0.29, 0.717) is 5.75 Å². The van der Waals surface area contributed by atoms with Crippen LogP contribution in [0.1, 0.15) is 18.1 Å². The predicted molar refractivity (Wildman–Crippen MR) is 57.6 cm³/mol. The number of carbonyl (C=O) groups is 1. The first-order valence-corrected chi connectivity index (χ1v) is 5.47. The molecule has 0 unspecified atom stereocenters. The average Bonchev–Trinajstić information content (AvgIpc) is 2.65. The summed E-state index contributed by atoms with van der Waals surface area (Å²) in [5, 5.41) is 0.842. The maximum Gasteiger partial charge on any atom is 0.257 e. The number of aliphatic imine (C=N–C) groups is 1. The summed E-state index contributed by atoms with van der Waals surface area (Å²) < 4.78 is 0. The van der Waals surface area contributed by atoms with E-state index in [1.807, 2.05) is 12.3 Å². The van der Waals surface area contributed by atoms with E-state index in [2.05, 4.69) is 16.9 Å². The Morgan fingerprint density at radius 1 is 1.57 bits per heavy atom. The maximum absolute atomic E-state index is 11.0. The summed E-state index contributed by atoms with van der Waals surface area (Å²) in [4.78, 5) is 19.0. The number of pyridine rings is 1. The van der Waals surface area contributed by atoms with Crippen molar-refractivity contribution in [2.45, 2.75) is 13.3 Å². The highest BCUT2D eigenvalue weighted by Crippen LogP contribution is 2.22. The number of thioether (sulfide) groups is 1. The van der Waals surface area contributed by atoms with Crippen molar-refractivity contribution in [3.8, 4) is 0 Å². The van der Waals surface area contributed by atoms with Gasteiger partial charge in [0.1, 0.15) is 5.04 Å². The third kappa shape index (κ3) is 1.70. The van der Waals surface area contributed by atoms with Gasteiger partial charge >= 0.3 is 0 Å². The summed E-state index contributed by atoms with van der Waals surface area (Å²) in [6.07, 6.45) is 4.48. The number of carbonyl (C=O) groups excluding carboxylic acids is 1. The molecule has 0 bridgehead atoms. The first kappa shape index (κ1) is 9.40. The monoisotopic (exact) mass is 206 g/mol. The molecule has 0 fully saturated rings. The molecule has 2 heterocycles. The Labute approximate surface area is 86.6 Å². The van der Waals surface area contributed by atoms with Crippen LogP contribution in [0.15, 0.2) is 23.5 Å². The molecule has 0 aliphatic carbocycles. The van der Waals surface area contributed by atoms with E-state index < -0.39 is 0 Å². The van der Waals surface area contributed by atoms with E-state index >= 15 is 0 Å². The second kappa shape index (κ2) is 3.92. The lowest BCUT2D eigenvalue weighted by Crippen LogP contribution is -1.98. The number of hydrogen-bond donors (Lipinski definition) is 0. The fourth-order valence-corrected chi connectivity index (χ4v) is 2.21. The smallest absolute Gasteiger partial charge is 0.257 e. The van der Waals surface area contributed by atoms with Crippen LogP contribution in [0.4, 0.5) is 0 Å². The van der Waals surface area contributed by atoms with Crippen molar-refractivity contribution in [2.75, 3.05) is 5.75 Å². The molecule has 0 atom stereocenters. The van der Waals surface area contributed by atoms with Gasteiger partial charge in [-0.15, -0.1) is 0 Å². The quantitative estimate of drug-likeness (QED) is 0.739. The first-order valence-electron chi connectivity index (χ1n) is 4.49. The van der Waals surface area contributed by atoms with E-state index in [9.17, 15) is 4.79 Å². The van der Waals surface area contributed by atoms with Crippen molar-refractivity contribution < 1.29 is 4.79 Å². The van der Waals surface area contributed by atoms with Crippen LogP contribution in [-0.4, -0.2) is 21.7 Å². The molecule has 1 aliphatic heterocycles. The Bertz CT molecular complexity index is 401. The molecular weight excluding hydrogens is 196 g/mol. The van der Waals surface area contributed by atoms with Crippen molar-refractivity contribution in [1.82, 2.24) is 4.98 Å². The summed E-state index contributed by atoms with van der Waals surface area (Å²) >= 11 is 1.51. The van der Waals surface area contributed by atoms with Gasteiger partial charge in [0.05, 0.1) is 5.75 Å². The minimum Gasteiger partial charge on any atom is -0.272 e. The minimum absolute atomic E-state index is 0.0381. The van der Waals surface area contributed by atoms with Crippen LogP contribution in [0.5, 0.6) is 0 Å². The van der Waals surface area contributed by atoms with E-state index in [4.69, 9.17) is 0 Å². The molecule has 1 aromatic rings. The Kier molecular flexibility index (Phi) is 2.63. The lowest BCUT2D eigenvalue weighted by molar-refractivity contribution is -0.115. The second-order valence-electron chi connectivity index (χ2n) is 2.99. The molecule has 4 heteroatoms. The zero-order chi connectivity index (χ0) is 9.97. The van der Waals surface area contributed by atoms with Gasteiger partial charge in [-0.1, -0.05) is 18.7 Å². The molecule has 1 amide bonds. The van der Waals surface area contributed by atoms with Crippen LogP contribution in [0.3, 0.4) is 0 Å². The Hall–Kier alpha value is -1.16. The molecule has 0 aromatic carbocycles. The van der Waals surface area contributed by atoms with Crippen molar-refractivity contribution in [3.63, 3.8) is 0 Å². The molecule has 14 heavy (non-hydrogen) atoms. The number of aryl methyl sites for hydroxylation is 1. The average molecular weight is 206 g/mol. The van der Waals surface area contributed by atoms with E-state index in [-0.39, 0.29) is 5.91 Å². The standard InChI is InChI=1S/C10H10N2OS/c1-2-7-5-11-4-3-8(7)10-12-9(13)6-14-10/h3-5H,2,6H2,1H3. The molecule has 3 nitrogen and oxygen atoms in total. The van der Waals surface area contributed by atoms with E-state index in [1.54, 1.807) is 6.20 Å². The summed E-state index contributed by atoms with van der Waals surface area (Å²) in [6.45, 7) is 2.07. The molecule has 0 saturated carbocycles. The molecule has 0 N–H and O–H groups in total. The molecule has 2 rings (SSSR count). The number of aromatic nitrogens is 1. The summed E-state index contributed by atoms with van der Waals surface area (Å²) in [6, 6.07) is 1.92. The van der Waals surface area contributed by atoms with Crippen molar-refractivity contribution in [2.24, 2.45) is 4.99 Å². The Morgan fingerprint density at radius 2 is 2.43 bits per heavy atom. The van der Waals surface area contributed by atoms with Crippen LogP contribution in [0, 0.1) is 0 Å². The normalized spacial score (nSPS) is 15.8. The molecule has 0 saturated heterocycles. The Balaban J connectivity index is 2.41. The molecule has 72 valence electrons. The maximum atomic E-state index is 11.0. The SMILES string of the molecule is CCc1cnccc1C1=NC(=O)CS1. The number of rotatable bonds is 2. The lowest BCUT2D eigenvalue weighted by atomic mass is 10.1. The van der Waals surface area contributed by atoms with Gasteiger partial charge in [0, 0.05) is 18.0 Å². The summed E-state index contributed by atoms with van der Waals surface area (Å²) in [5.74, 6) is 0.435. The molecule has 1 aromatic heterocycles. The third-order valence-electron chi connectivity index (χ3n) is 2.07. The largest absolute Gasteiger partial charge is 0.272 e. The van der Waals surface area contributed by atoms with Gasteiger partial charge < -0.3 is 0 Å². The van der Waals surface area contributed by atoms with Crippen molar-refractivity contribution in [1.29, 1.82) is 0 Å². The predicted octanol–water partition coefficient (Wildman–Crippen LogP) is 1.66. The number of nitrogens with zero attached hydrogens (tertiary/aromatic N) is 2. The fourth-order valence-electron chi connectivity index (χ4n) is 1.36. The molecule has 1 aliphatic rings. The van der Waals surface area contributed by atoms with Gasteiger partial charge in [-0.3, -0.25) is 9.78 Å². The van der Waals surface area contributed by atoms with Crippen LogP contribution in [-0.2, 0) is 11.2 Å². The zero-order valence-corrected chi connectivity index (χ0v) is 8.67. The highest BCUT2D eigenvalue weighted by Gasteiger charge is 2.18. The lowest BCUT2D eigenvalue weighted by Gasteiger charge is -2.04. The number of hydrogen-bond acceptors (Lipinski definition) is 3. The van der Waals surface area contributed by atoms with Crippen molar-refractivity contribution in [3.05, 3.63) is 29.6 Å². The highest BCUT2D eigenvalue weighted by atomic mass is 32.2. The fraction of sp³-hybridized carbons (Fsp3) is 0.300. The Morgan fingerprint density at radius 3 is 3.07 bits per heavy atom. The van der Waals surface area contributed by atoms with Crippen molar-refractivity contribution >= 4 is 22.7 Å². The first-order chi connectivity index (χ1) is 6.81. The second-order valence-corrected chi connectivity index (χ2v) is 3.95. The molecule has 0 spiro atoms. The molecule has 0 radical (unpaired) electrons. The van der Waals surface area contributed by atoms with Crippen LogP contribution in [0.25, 0.3) is 0 Å². The summed E-state index contributed by atoms with van der Waals surface area (Å²) in [5.41, 5.74) is 2.20. The topological polar surface area (TPSA) is 42.3 Å². The molecular formula is C10H10N2OS. The van der Waals surface area contributed by atoms with Gasteiger partial charge in [-0.25, -0.2) is 4.99 Å².